The third-order valence-electron chi connectivity index (χ3n) is 4.00. The number of rotatable bonds is 6. The number of benzene rings is 2. The van der Waals surface area contributed by atoms with Gasteiger partial charge in [-0.1, -0.05) is 48.5 Å². The number of carbonyl (C=O) groups excluding carboxylic acids is 1. The minimum Gasteiger partial charge on any atom is -0.466 e. The molecule has 0 fully saturated rings. The highest BCUT2D eigenvalue weighted by atomic mass is 32.2. The lowest BCUT2D eigenvalue weighted by Crippen LogP contribution is -2.29. The van der Waals surface area contributed by atoms with Gasteiger partial charge in [-0.15, -0.1) is 0 Å². The van der Waals surface area contributed by atoms with Crippen molar-refractivity contribution in [3.63, 3.8) is 0 Å². The number of para-hydroxylation sites is 1. The van der Waals surface area contributed by atoms with Crippen LogP contribution in [0.2, 0.25) is 0 Å². The zero-order valence-corrected chi connectivity index (χ0v) is 15.8. The van der Waals surface area contributed by atoms with Gasteiger partial charge in [0.2, 0.25) is 15.9 Å². The maximum atomic E-state index is 12.5. The molecule has 0 aliphatic heterocycles. The van der Waals surface area contributed by atoms with Crippen molar-refractivity contribution in [3.8, 4) is 0 Å². The number of hydrogen-bond donors (Lipinski definition) is 0. The van der Waals surface area contributed by atoms with Crippen LogP contribution in [0, 0.1) is 0 Å². The molecule has 0 atom stereocenters. The predicted molar refractivity (Wildman–Crippen MR) is 105 cm³/mol. The Morgan fingerprint density at radius 3 is 2.44 bits per heavy atom. The Morgan fingerprint density at radius 2 is 1.78 bits per heavy atom. The lowest BCUT2D eigenvalue weighted by atomic mass is 10.1. The van der Waals surface area contributed by atoms with E-state index in [2.05, 4.69) is 4.74 Å². The molecule has 3 rings (SSSR count). The summed E-state index contributed by atoms with van der Waals surface area (Å²) in [6, 6.07) is 16.4. The molecule has 0 radical (unpaired) electrons. The van der Waals surface area contributed by atoms with Crippen LogP contribution in [0.15, 0.2) is 65.1 Å². The van der Waals surface area contributed by atoms with Crippen molar-refractivity contribution in [3.05, 3.63) is 71.8 Å². The summed E-state index contributed by atoms with van der Waals surface area (Å²) < 4.78 is 36.7. The zero-order chi connectivity index (χ0) is 19.4. The Balaban J connectivity index is 2.16. The van der Waals surface area contributed by atoms with E-state index in [1.807, 2.05) is 42.5 Å². The average Bonchev–Trinajstić information content (AvgIpc) is 3.02. The van der Waals surface area contributed by atoms with Crippen LogP contribution in [-0.4, -0.2) is 27.8 Å². The number of ether oxygens (including phenoxy) is 1. The summed E-state index contributed by atoms with van der Waals surface area (Å²) in [6.45, 7) is 0.110. The van der Waals surface area contributed by atoms with Crippen molar-refractivity contribution in [1.29, 1.82) is 0 Å². The molecule has 0 spiro atoms. The number of carbonyl (C=O) groups is 1. The van der Waals surface area contributed by atoms with Crippen LogP contribution >= 0.6 is 0 Å². The molecular weight excluding hydrogens is 366 g/mol. The summed E-state index contributed by atoms with van der Waals surface area (Å²) in [5, 5.41) is 0.703. The van der Waals surface area contributed by atoms with Crippen LogP contribution in [0.1, 0.15) is 11.1 Å². The van der Waals surface area contributed by atoms with Crippen molar-refractivity contribution >= 4 is 38.9 Å². The van der Waals surface area contributed by atoms with Crippen molar-refractivity contribution < 1.29 is 22.4 Å². The molecule has 140 valence electrons. The standard InChI is InChI=1S/C20H19NO5S/c1-25-19(22)13-12-17-16-10-6-7-11-18(16)26-20(17)21(27(2,23)24)14-15-8-4-3-5-9-15/h3-13H,14H2,1-2H3/b13-12+. The largest absolute Gasteiger partial charge is 0.466 e. The van der Waals surface area contributed by atoms with Crippen molar-refractivity contribution in [2.24, 2.45) is 0 Å². The van der Waals surface area contributed by atoms with E-state index >= 15 is 0 Å². The molecule has 2 aromatic carbocycles. The first-order chi connectivity index (χ1) is 12.9. The molecule has 0 bridgehead atoms. The number of methoxy groups -OCH3 is 1. The normalized spacial score (nSPS) is 11.8. The van der Waals surface area contributed by atoms with E-state index in [9.17, 15) is 13.2 Å². The molecule has 7 heteroatoms. The Bertz CT molecular complexity index is 1080. The summed E-state index contributed by atoms with van der Waals surface area (Å²) in [5.41, 5.74) is 1.84. The quantitative estimate of drug-likeness (QED) is 0.479. The number of fused-ring (bicyclic) bond motifs is 1. The van der Waals surface area contributed by atoms with Gasteiger partial charge in [0, 0.05) is 17.0 Å². The first kappa shape index (κ1) is 18.7. The van der Waals surface area contributed by atoms with Crippen molar-refractivity contribution in [1.82, 2.24) is 0 Å². The summed E-state index contributed by atoms with van der Waals surface area (Å²) in [7, 11) is -2.36. The number of nitrogens with zero attached hydrogens (tertiary/aromatic N) is 1. The van der Waals surface area contributed by atoms with Gasteiger partial charge in [0.1, 0.15) is 5.58 Å². The highest BCUT2D eigenvalue weighted by Crippen LogP contribution is 2.35. The molecule has 0 aliphatic carbocycles. The van der Waals surface area contributed by atoms with Crippen molar-refractivity contribution in [2.75, 3.05) is 17.7 Å². The number of hydrogen-bond acceptors (Lipinski definition) is 5. The molecule has 0 N–H and O–H groups in total. The fraction of sp³-hybridized carbons (Fsp3) is 0.150. The smallest absolute Gasteiger partial charge is 0.330 e. The Hall–Kier alpha value is -3.06. The molecule has 0 unspecified atom stereocenters. The van der Waals surface area contributed by atoms with Gasteiger partial charge in [0.15, 0.2) is 0 Å². The molecule has 6 nitrogen and oxygen atoms in total. The molecular formula is C20H19NO5S. The third kappa shape index (κ3) is 4.20. The van der Waals surface area contributed by atoms with Crippen LogP contribution in [0.5, 0.6) is 0 Å². The lowest BCUT2D eigenvalue weighted by molar-refractivity contribution is -0.134. The molecule has 0 saturated carbocycles. The van der Waals surface area contributed by atoms with Crippen LogP contribution in [-0.2, 0) is 26.1 Å². The highest BCUT2D eigenvalue weighted by molar-refractivity contribution is 7.92. The summed E-state index contributed by atoms with van der Waals surface area (Å²) in [5.74, 6) is -0.386. The highest BCUT2D eigenvalue weighted by Gasteiger charge is 2.25. The SMILES string of the molecule is COC(=O)/C=C/c1c(N(Cc2ccccc2)S(C)(=O)=O)oc2ccccc12. The van der Waals surface area contributed by atoms with Crippen molar-refractivity contribution in [2.45, 2.75) is 6.54 Å². The third-order valence-corrected chi connectivity index (χ3v) is 5.09. The molecule has 0 saturated heterocycles. The zero-order valence-electron chi connectivity index (χ0n) is 15.0. The van der Waals surface area contributed by atoms with E-state index in [0.717, 1.165) is 11.8 Å². The van der Waals surface area contributed by atoms with Gasteiger partial charge >= 0.3 is 5.97 Å². The van der Waals surface area contributed by atoms with Crippen LogP contribution in [0.4, 0.5) is 5.88 Å². The molecule has 27 heavy (non-hydrogen) atoms. The van der Waals surface area contributed by atoms with Gasteiger partial charge in [-0.2, -0.15) is 0 Å². The predicted octanol–water partition coefficient (Wildman–Crippen LogP) is 3.59. The molecule has 0 amide bonds. The van der Waals surface area contributed by atoms with Gasteiger partial charge in [-0.05, 0) is 17.7 Å². The van der Waals surface area contributed by atoms with Gasteiger partial charge in [-0.25, -0.2) is 17.5 Å². The Labute approximate surface area is 157 Å². The fourth-order valence-electron chi connectivity index (χ4n) is 2.71. The summed E-state index contributed by atoms with van der Waals surface area (Å²) in [4.78, 5) is 11.5. The molecule has 3 aromatic rings. The average molecular weight is 385 g/mol. The van der Waals surface area contributed by atoms with E-state index in [4.69, 9.17) is 4.42 Å². The minimum atomic E-state index is -3.64. The number of esters is 1. The number of anilines is 1. The van der Waals surface area contributed by atoms with Gasteiger partial charge in [0.05, 0.1) is 19.9 Å². The van der Waals surface area contributed by atoms with E-state index in [0.29, 0.717) is 16.5 Å². The van der Waals surface area contributed by atoms with Gasteiger partial charge < -0.3 is 9.15 Å². The van der Waals surface area contributed by atoms with Crippen LogP contribution in [0.3, 0.4) is 0 Å². The topological polar surface area (TPSA) is 76.8 Å². The van der Waals surface area contributed by atoms with E-state index < -0.39 is 16.0 Å². The Kier molecular flexibility index (Phi) is 5.32. The second kappa shape index (κ2) is 7.67. The first-order valence-electron chi connectivity index (χ1n) is 8.19. The maximum Gasteiger partial charge on any atom is 0.330 e. The molecule has 1 aromatic heterocycles. The van der Waals surface area contributed by atoms with Crippen LogP contribution in [0.25, 0.3) is 17.0 Å². The van der Waals surface area contributed by atoms with Gasteiger partial charge in [0.25, 0.3) is 0 Å². The lowest BCUT2D eigenvalue weighted by Gasteiger charge is -2.20. The van der Waals surface area contributed by atoms with E-state index in [1.165, 1.54) is 23.6 Å². The minimum absolute atomic E-state index is 0.110. The van der Waals surface area contributed by atoms with Gasteiger partial charge in [-0.3, -0.25) is 0 Å². The maximum absolute atomic E-state index is 12.5. The second-order valence-corrected chi connectivity index (χ2v) is 7.84. The van der Waals surface area contributed by atoms with E-state index in [1.54, 1.807) is 12.1 Å². The summed E-state index contributed by atoms with van der Waals surface area (Å²) in [6.07, 6.45) is 3.87. The van der Waals surface area contributed by atoms with E-state index in [-0.39, 0.29) is 12.4 Å². The number of sulfonamides is 1. The molecule has 1 heterocycles. The molecule has 0 aliphatic rings. The monoisotopic (exact) mass is 385 g/mol. The van der Waals surface area contributed by atoms with Crippen LogP contribution < -0.4 is 4.31 Å². The Morgan fingerprint density at radius 1 is 1.11 bits per heavy atom. The number of furan rings is 1. The first-order valence-corrected chi connectivity index (χ1v) is 10.0. The fourth-order valence-corrected chi connectivity index (χ4v) is 3.53. The summed E-state index contributed by atoms with van der Waals surface area (Å²) >= 11 is 0. The second-order valence-electron chi connectivity index (χ2n) is 5.93.